The fourth-order valence-electron chi connectivity index (χ4n) is 1.85. The number of hydrogen-bond acceptors (Lipinski definition) is 4. The van der Waals surface area contributed by atoms with Crippen molar-refractivity contribution in [1.29, 1.82) is 0 Å². The van der Waals surface area contributed by atoms with Gasteiger partial charge in [-0.05, 0) is 19.3 Å². The normalized spacial score (nSPS) is 34.2. The van der Waals surface area contributed by atoms with Gasteiger partial charge in [-0.1, -0.05) is 0 Å². The first-order valence-electron chi connectivity index (χ1n) is 4.55. The minimum absolute atomic E-state index is 0.0357. The van der Waals surface area contributed by atoms with Crippen LogP contribution in [0.1, 0.15) is 19.3 Å². The summed E-state index contributed by atoms with van der Waals surface area (Å²) in [4.78, 5) is 11.2. The summed E-state index contributed by atoms with van der Waals surface area (Å²) in [6.07, 6.45) is 2.43. The number of ether oxygens (including phenoxy) is 2. The van der Waals surface area contributed by atoms with Crippen molar-refractivity contribution >= 4 is 5.97 Å². The highest BCUT2D eigenvalue weighted by atomic mass is 16.5. The first kappa shape index (κ1) is 10.5. The molecule has 1 aliphatic carbocycles. The zero-order chi connectivity index (χ0) is 9.84. The number of nitrogens with two attached hydrogens (primary N) is 1. The molecule has 76 valence electrons. The molecular formula is C9H17NO3. The van der Waals surface area contributed by atoms with Gasteiger partial charge in [-0.15, -0.1) is 0 Å². The van der Waals surface area contributed by atoms with Crippen LogP contribution in [0.4, 0.5) is 0 Å². The van der Waals surface area contributed by atoms with E-state index in [0.717, 1.165) is 12.8 Å². The average Bonchev–Trinajstić information content (AvgIpc) is 2.16. The summed E-state index contributed by atoms with van der Waals surface area (Å²) in [7, 11) is 3.07. The fourth-order valence-corrected chi connectivity index (χ4v) is 1.85. The Kier molecular flexibility index (Phi) is 3.69. The molecule has 0 aromatic heterocycles. The van der Waals surface area contributed by atoms with E-state index in [2.05, 4.69) is 4.74 Å². The molecular weight excluding hydrogens is 170 g/mol. The number of methoxy groups -OCH3 is 2. The van der Waals surface area contributed by atoms with Gasteiger partial charge in [0, 0.05) is 13.2 Å². The lowest BCUT2D eigenvalue weighted by molar-refractivity contribution is -0.147. The van der Waals surface area contributed by atoms with E-state index in [0.29, 0.717) is 6.42 Å². The molecule has 1 aliphatic rings. The molecule has 0 radical (unpaired) electrons. The smallest absolute Gasteiger partial charge is 0.308 e. The number of esters is 1. The molecule has 4 nitrogen and oxygen atoms in total. The summed E-state index contributed by atoms with van der Waals surface area (Å²) >= 11 is 0. The molecule has 0 bridgehead atoms. The Bertz CT molecular complexity index is 184. The van der Waals surface area contributed by atoms with E-state index >= 15 is 0 Å². The zero-order valence-electron chi connectivity index (χ0n) is 8.16. The first-order valence-corrected chi connectivity index (χ1v) is 4.55. The molecule has 0 amide bonds. The van der Waals surface area contributed by atoms with Crippen molar-refractivity contribution in [2.24, 2.45) is 11.7 Å². The molecule has 4 heteroatoms. The molecule has 1 rings (SSSR count). The van der Waals surface area contributed by atoms with Gasteiger partial charge in [0.05, 0.1) is 19.1 Å². The van der Waals surface area contributed by atoms with Crippen LogP contribution in [0.15, 0.2) is 0 Å². The second-order valence-electron chi connectivity index (χ2n) is 3.47. The third-order valence-corrected chi connectivity index (χ3v) is 2.67. The van der Waals surface area contributed by atoms with Crippen molar-refractivity contribution in [3.63, 3.8) is 0 Å². The van der Waals surface area contributed by atoms with E-state index in [9.17, 15) is 4.79 Å². The van der Waals surface area contributed by atoms with Gasteiger partial charge in [0.15, 0.2) is 0 Å². The lowest BCUT2D eigenvalue weighted by Gasteiger charge is -2.31. The maximum absolute atomic E-state index is 11.2. The van der Waals surface area contributed by atoms with Crippen LogP contribution >= 0.6 is 0 Å². The molecule has 0 heterocycles. The highest BCUT2D eigenvalue weighted by Gasteiger charge is 2.32. The summed E-state index contributed by atoms with van der Waals surface area (Å²) in [5, 5.41) is 0. The average molecular weight is 187 g/mol. The molecule has 0 aromatic rings. The fraction of sp³-hybridized carbons (Fsp3) is 0.889. The Morgan fingerprint density at radius 2 is 2.08 bits per heavy atom. The van der Waals surface area contributed by atoms with Crippen LogP contribution in [0.25, 0.3) is 0 Å². The van der Waals surface area contributed by atoms with E-state index in [1.54, 1.807) is 7.11 Å². The van der Waals surface area contributed by atoms with Crippen LogP contribution in [-0.2, 0) is 14.3 Å². The summed E-state index contributed by atoms with van der Waals surface area (Å²) in [5.74, 6) is -0.184. The quantitative estimate of drug-likeness (QED) is 0.632. The zero-order valence-corrected chi connectivity index (χ0v) is 8.16. The molecule has 0 saturated heterocycles. The Labute approximate surface area is 78.4 Å². The molecule has 2 N–H and O–H groups in total. The Balaban J connectivity index is 2.45. The van der Waals surface area contributed by atoms with Crippen molar-refractivity contribution in [1.82, 2.24) is 0 Å². The molecule has 3 atom stereocenters. The van der Waals surface area contributed by atoms with Crippen molar-refractivity contribution < 1.29 is 14.3 Å². The largest absolute Gasteiger partial charge is 0.469 e. The van der Waals surface area contributed by atoms with Gasteiger partial charge in [-0.2, -0.15) is 0 Å². The van der Waals surface area contributed by atoms with Crippen LogP contribution in [0.3, 0.4) is 0 Å². The van der Waals surface area contributed by atoms with Gasteiger partial charge in [-0.3, -0.25) is 4.79 Å². The highest BCUT2D eigenvalue weighted by Crippen LogP contribution is 2.25. The summed E-state index contributed by atoms with van der Waals surface area (Å²) in [5.41, 5.74) is 5.84. The van der Waals surface area contributed by atoms with E-state index < -0.39 is 0 Å². The SMILES string of the molecule is COC(=O)C1CCC(OC)C(N)C1. The number of carbonyl (C=O) groups excluding carboxylic acids is 1. The van der Waals surface area contributed by atoms with Crippen molar-refractivity contribution in [3.8, 4) is 0 Å². The van der Waals surface area contributed by atoms with Crippen molar-refractivity contribution in [2.75, 3.05) is 14.2 Å². The highest BCUT2D eigenvalue weighted by molar-refractivity contribution is 5.72. The van der Waals surface area contributed by atoms with Crippen LogP contribution in [0.5, 0.6) is 0 Å². The summed E-state index contributed by atoms with van der Waals surface area (Å²) in [6.45, 7) is 0. The molecule has 0 aliphatic heterocycles. The van der Waals surface area contributed by atoms with E-state index in [-0.39, 0.29) is 24.0 Å². The molecule has 0 spiro atoms. The van der Waals surface area contributed by atoms with Gasteiger partial charge in [0.2, 0.25) is 0 Å². The standard InChI is InChI=1S/C9H17NO3/c1-12-8-4-3-6(5-7(8)10)9(11)13-2/h6-8H,3-5,10H2,1-2H3. The Morgan fingerprint density at radius 1 is 1.38 bits per heavy atom. The first-order chi connectivity index (χ1) is 6.19. The number of hydrogen-bond donors (Lipinski definition) is 1. The predicted octanol–water partition coefficient (Wildman–Crippen LogP) is 0.302. The third kappa shape index (κ3) is 2.42. The number of rotatable bonds is 2. The van der Waals surface area contributed by atoms with Crippen LogP contribution < -0.4 is 5.73 Å². The maximum Gasteiger partial charge on any atom is 0.308 e. The molecule has 1 fully saturated rings. The van der Waals surface area contributed by atoms with Gasteiger partial charge < -0.3 is 15.2 Å². The lowest BCUT2D eigenvalue weighted by Crippen LogP contribution is -2.43. The lowest BCUT2D eigenvalue weighted by atomic mass is 9.84. The maximum atomic E-state index is 11.2. The Morgan fingerprint density at radius 3 is 2.54 bits per heavy atom. The molecule has 3 unspecified atom stereocenters. The van der Waals surface area contributed by atoms with E-state index in [1.807, 2.05) is 0 Å². The van der Waals surface area contributed by atoms with Gasteiger partial charge in [-0.25, -0.2) is 0 Å². The van der Waals surface area contributed by atoms with Crippen LogP contribution in [0.2, 0.25) is 0 Å². The number of carbonyl (C=O) groups is 1. The summed E-state index contributed by atoms with van der Waals surface area (Å²) < 4.78 is 9.86. The van der Waals surface area contributed by atoms with Crippen LogP contribution in [0, 0.1) is 5.92 Å². The Hall–Kier alpha value is -0.610. The van der Waals surface area contributed by atoms with Crippen LogP contribution in [-0.4, -0.2) is 32.3 Å². The second-order valence-corrected chi connectivity index (χ2v) is 3.47. The summed E-state index contributed by atoms with van der Waals surface area (Å²) in [6, 6.07) is -0.0390. The van der Waals surface area contributed by atoms with Gasteiger partial charge in [0.1, 0.15) is 0 Å². The topological polar surface area (TPSA) is 61.5 Å². The minimum atomic E-state index is -0.148. The predicted molar refractivity (Wildman–Crippen MR) is 48.1 cm³/mol. The van der Waals surface area contributed by atoms with Gasteiger partial charge in [0.25, 0.3) is 0 Å². The third-order valence-electron chi connectivity index (χ3n) is 2.67. The monoisotopic (exact) mass is 187 g/mol. The molecule has 0 aromatic carbocycles. The van der Waals surface area contributed by atoms with Crippen molar-refractivity contribution in [2.45, 2.75) is 31.4 Å². The van der Waals surface area contributed by atoms with Gasteiger partial charge >= 0.3 is 5.97 Å². The van der Waals surface area contributed by atoms with E-state index in [4.69, 9.17) is 10.5 Å². The minimum Gasteiger partial charge on any atom is -0.469 e. The van der Waals surface area contributed by atoms with Crippen molar-refractivity contribution in [3.05, 3.63) is 0 Å². The molecule has 13 heavy (non-hydrogen) atoms. The molecule has 1 saturated carbocycles. The second kappa shape index (κ2) is 4.58. The van der Waals surface area contributed by atoms with E-state index in [1.165, 1.54) is 7.11 Å².